The van der Waals surface area contributed by atoms with Gasteiger partial charge in [0.2, 0.25) is 0 Å². The number of hydrogen-bond acceptors (Lipinski definition) is 10. The molecule has 0 heterocycles. The topological polar surface area (TPSA) is 142 Å². The van der Waals surface area contributed by atoms with Crippen LogP contribution in [-0.4, -0.2) is 40.4 Å². The Morgan fingerprint density at radius 2 is 0.951 bits per heavy atom. The number of rotatable bonds is 10. The molecule has 10 nitrogen and oxygen atoms in total. The van der Waals surface area contributed by atoms with E-state index < -0.39 is 23.1 Å². The molecule has 0 fully saturated rings. The van der Waals surface area contributed by atoms with Crippen LogP contribution in [0.15, 0.2) is 42.5 Å². The van der Waals surface area contributed by atoms with Crippen molar-refractivity contribution in [3.8, 4) is 23.0 Å². The highest BCUT2D eigenvalue weighted by atomic mass is 16.6. The molecule has 3 aromatic carbocycles. The molecule has 10 heteroatoms. The minimum absolute atomic E-state index is 0.0816. The molecule has 0 bridgehead atoms. The van der Waals surface area contributed by atoms with Crippen LogP contribution in [0.4, 0.5) is 11.4 Å². The molecule has 0 aliphatic rings. The average molecular weight is 567 g/mol. The molecule has 0 radical (unpaired) electrons. The fraction of sp³-hybridized carbons (Fsp3) is 0.355. The predicted molar refractivity (Wildman–Crippen MR) is 156 cm³/mol. The van der Waals surface area contributed by atoms with Crippen molar-refractivity contribution < 1.29 is 38.0 Å². The second kappa shape index (κ2) is 11.9. The van der Waals surface area contributed by atoms with Crippen LogP contribution in [0.5, 0.6) is 23.0 Å². The zero-order valence-electron chi connectivity index (χ0n) is 25.0. The standard InChI is InChI=1S/C31H38N2O8/c1-17-10-24(28(34)40-30(2,3)18-11-20(36-6)15-21(12-18)37-7)25(27(33)26(17)32)29(35)41-31(4,5)19-13-22(38-8)16-23(14-19)39-9/h10-16H,32-33H2,1-9H3. The number of hydrogen-bond donors (Lipinski definition) is 2. The molecule has 0 aromatic heterocycles. The van der Waals surface area contributed by atoms with Gasteiger partial charge < -0.3 is 39.9 Å². The SMILES string of the molecule is COc1cc(OC)cc(C(C)(C)OC(=O)c2cc(C)c(N)c(N)c2C(=O)OC(C)(C)c2cc(OC)cc(OC)c2)c1. The van der Waals surface area contributed by atoms with Gasteiger partial charge in [-0.1, -0.05) is 0 Å². The van der Waals surface area contributed by atoms with Gasteiger partial charge in [-0.15, -0.1) is 0 Å². The van der Waals surface area contributed by atoms with Crippen LogP contribution in [0.25, 0.3) is 0 Å². The molecule has 220 valence electrons. The largest absolute Gasteiger partial charge is 0.497 e. The van der Waals surface area contributed by atoms with Crippen molar-refractivity contribution in [1.82, 2.24) is 0 Å². The van der Waals surface area contributed by atoms with Gasteiger partial charge in [-0.3, -0.25) is 0 Å². The maximum absolute atomic E-state index is 13.7. The summed E-state index contributed by atoms with van der Waals surface area (Å²) in [5, 5.41) is 0. The highest BCUT2D eigenvalue weighted by Gasteiger charge is 2.34. The molecular weight excluding hydrogens is 528 g/mol. The van der Waals surface area contributed by atoms with Crippen molar-refractivity contribution in [3.63, 3.8) is 0 Å². The molecule has 3 rings (SSSR count). The molecule has 0 saturated carbocycles. The third-order valence-corrected chi connectivity index (χ3v) is 6.83. The molecule has 3 aromatic rings. The number of benzene rings is 3. The summed E-state index contributed by atoms with van der Waals surface area (Å²) in [6.07, 6.45) is 0. The van der Waals surface area contributed by atoms with E-state index in [-0.39, 0.29) is 22.5 Å². The minimum atomic E-state index is -1.18. The van der Waals surface area contributed by atoms with E-state index in [0.29, 0.717) is 39.7 Å². The summed E-state index contributed by atoms with van der Waals surface area (Å²) in [5.74, 6) is 0.438. The smallest absolute Gasteiger partial charge is 0.342 e. The molecule has 41 heavy (non-hydrogen) atoms. The monoisotopic (exact) mass is 566 g/mol. The molecule has 4 N–H and O–H groups in total. The van der Waals surface area contributed by atoms with Crippen molar-refractivity contribution in [2.24, 2.45) is 0 Å². The lowest BCUT2D eigenvalue weighted by atomic mass is 9.95. The second-order valence-corrected chi connectivity index (χ2v) is 10.4. The van der Waals surface area contributed by atoms with Crippen LogP contribution in [0, 0.1) is 6.92 Å². The number of nitrogen functional groups attached to an aromatic ring is 2. The van der Waals surface area contributed by atoms with Gasteiger partial charge in [0.05, 0.1) is 50.9 Å². The zero-order valence-corrected chi connectivity index (χ0v) is 25.0. The van der Waals surface area contributed by atoms with E-state index in [0.717, 1.165) is 0 Å². The van der Waals surface area contributed by atoms with Gasteiger partial charge in [-0.2, -0.15) is 0 Å². The predicted octanol–water partition coefficient (Wildman–Crippen LogP) is 5.38. The number of carbonyl (C=O) groups excluding carboxylic acids is 2. The van der Waals surface area contributed by atoms with Crippen LogP contribution in [-0.2, 0) is 20.7 Å². The van der Waals surface area contributed by atoms with Gasteiger partial charge in [0, 0.05) is 23.3 Å². The van der Waals surface area contributed by atoms with Crippen molar-refractivity contribution in [1.29, 1.82) is 0 Å². The number of ether oxygens (including phenoxy) is 6. The molecule has 0 unspecified atom stereocenters. The van der Waals surface area contributed by atoms with E-state index in [1.54, 1.807) is 71.0 Å². The lowest BCUT2D eigenvalue weighted by Crippen LogP contribution is -2.30. The summed E-state index contributed by atoms with van der Waals surface area (Å²) >= 11 is 0. The van der Waals surface area contributed by atoms with E-state index in [9.17, 15) is 9.59 Å². The lowest BCUT2D eigenvalue weighted by molar-refractivity contribution is -0.00801. The second-order valence-electron chi connectivity index (χ2n) is 10.4. The van der Waals surface area contributed by atoms with Crippen LogP contribution < -0.4 is 30.4 Å². The summed E-state index contributed by atoms with van der Waals surface area (Å²) in [6, 6.07) is 11.8. The van der Waals surface area contributed by atoms with E-state index >= 15 is 0 Å². The summed E-state index contributed by atoms with van der Waals surface area (Å²) in [5.41, 5.74) is 11.7. The molecular formula is C31H38N2O8. The third-order valence-electron chi connectivity index (χ3n) is 6.83. The van der Waals surface area contributed by atoms with Gasteiger partial charge in [0.15, 0.2) is 0 Å². The normalized spacial score (nSPS) is 11.4. The van der Waals surface area contributed by atoms with Gasteiger partial charge in [-0.25, -0.2) is 9.59 Å². The quantitative estimate of drug-likeness (QED) is 0.243. The van der Waals surface area contributed by atoms with Crippen molar-refractivity contribution >= 4 is 23.3 Å². The number of nitrogens with two attached hydrogens (primary N) is 2. The molecule has 0 aliphatic heterocycles. The van der Waals surface area contributed by atoms with E-state index in [2.05, 4.69) is 0 Å². The van der Waals surface area contributed by atoms with Gasteiger partial charge in [-0.05, 0) is 70.5 Å². The Labute approximate surface area is 240 Å². The van der Waals surface area contributed by atoms with Crippen molar-refractivity contribution in [3.05, 3.63) is 70.3 Å². The number of methoxy groups -OCH3 is 4. The van der Waals surface area contributed by atoms with Crippen molar-refractivity contribution in [2.45, 2.75) is 45.8 Å². The average Bonchev–Trinajstić information content (AvgIpc) is 2.94. The van der Waals surface area contributed by atoms with Crippen molar-refractivity contribution in [2.75, 3.05) is 39.9 Å². The van der Waals surface area contributed by atoms with E-state index in [1.165, 1.54) is 34.5 Å². The van der Waals surface area contributed by atoms with E-state index in [4.69, 9.17) is 39.9 Å². The lowest BCUT2D eigenvalue weighted by Gasteiger charge is -2.29. The Kier molecular flexibility index (Phi) is 8.96. The first kappa shape index (κ1) is 30.9. The maximum Gasteiger partial charge on any atom is 0.342 e. The first-order valence-electron chi connectivity index (χ1n) is 12.8. The third kappa shape index (κ3) is 6.59. The van der Waals surface area contributed by atoms with Gasteiger partial charge >= 0.3 is 11.9 Å². The number of carbonyl (C=O) groups is 2. The fourth-order valence-electron chi connectivity index (χ4n) is 4.24. The summed E-state index contributed by atoms with van der Waals surface area (Å²) in [4.78, 5) is 27.4. The van der Waals surface area contributed by atoms with Gasteiger partial charge in [0.25, 0.3) is 0 Å². The van der Waals surface area contributed by atoms with Crippen LogP contribution in [0.3, 0.4) is 0 Å². The number of anilines is 2. The highest BCUT2D eigenvalue weighted by Crippen LogP contribution is 2.37. The van der Waals surface area contributed by atoms with E-state index in [1.807, 2.05) is 0 Å². The Balaban J connectivity index is 2.03. The molecule has 0 aliphatic carbocycles. The van der Waals surface area contributed by atoms with Crippen LogP contribution >= 0.6 is 0 Å². The number of aryl methyl sites for hydroxylation is 1. The summed E-state index contributed by atoms with van der Waals surface area (Å²) in [6.45, 7) is 8.50. The zero-order chi connectivity index (χ0) is 30.7. The Bertz CT molecular complexity index is 1420. The minimum Gasteiger partial charge on any atom is -0.497 e. The van der Waals surface area contributed by atoms with Gasteiger partial charge in [0.1, 0.15) is 34.2 Å². The maximum atomic E-state index is 13.7. The first-order valence-corrected chi connectivity index (χ1v) is 12.8. The van der Waals surface area contributed by atoms with Crippen LogP contribution in [0.2, 0.25) is 0 Å². The summed E-state index contributed by atoms with van der Waals surface area (Å²) in [7, 11) is 6.10. The fourth-order valence-corrected chi connectivity index (χ4v) is 4.24. The Morgan fingerprint density at radius 1 is 0.585 bits per heavy atom. The molecule has 0 amide bonds. The molecule has 0 atom stereocenters. The Hall–Kier alpha value is -4.60. The molecule has 0 spiro atoms. The highest BCUT2D eigenvalue weighted by molar-refractivity contribution is 6.09. The molecule has 0 saturated heterocycles. The number of esters is 2. The Morgan fingerprint density at radius 3 is 1.32 bits per heavy atom. The first-order chi connectivity index (χ1) is 19.2. The van der Waals surface area contributed by atoms with Crippen LogP contribution in [0.1, 0.15) is 65.1 Å². The summed E-state index contributed by atoms with van der Waals surface area (Å²) < 4.78 is 33.3.